The molecule has 0 aromatic carbocycles. The maximum atomic E-state index is 11.2. The number of anilines is 2. The normalized spacial score (nSPS) is 9.92. The maximum absolute atomic E-state index is 11.2. The van der Waals surface area contributed by atoms with Gasteiger partial charge >= 0.3 is 5.95 Å². The number of aliphatic hydroxyl groups excluding tert-OH is 1. The number of nitrogens with two attached hydrogens (primary N) is 1. The van der Waals surface area contributed by atoms with Crippen molar-refractivity contribution in [3.8, 4) is 0 Å². The van der Waals surface area contributed by atoms with Crippen molar-refractivity contribution in [3.63, 3.8) is 0 Å². The molecule has 1 rings (SSSR count). The quantitative estimate of drug-likeness (QED) is 0.320. The van der Waals surface area contributed by atoms with E-state index in [0.717, 1.165) is 0 Å². The Bertz CT molecular complexity index is 279. The van der Waals surface area contributed by atoms with Gasteiger partial charge in [-0.05, 0) is 6.42 Å². The molecule has 1 aromatic heterocycles. The molecule has 0 atom stereocenters. The van der Waals surface area contributed by atoms with Gasteiger partial charge in [-0.3, -0.25) is 0 Å². The van der Waals surface area contributed by atoms with Crippen LogP contribution in [0.1, 0.15) is 6.42 Å². The Balaban J connectivity index is 2.61. The van der Waals surface area contributed by atoms with Crippen LogP contribution in [0.4, 0.5) is 11.8 Å². The highest BCUT2D eigenvalue weighted by atomic mass is 16.5. The van der Waals surface area contributed by atoms with Crippen LogP contribution < -0.4 is 15.8 Å². The Kier molecular flexibility index (Phi) is 3.27. The molecule has 6 nitrogen and oxygen atoms in total. The summed E-state index contributed by atoms with van der Waals surface area (Å²) in [6.07, 6.45) is 2.03. The Hall–Kier alpha value is -1.56. The third kappa shape index (κ3) is 2.45. The van der Waals surface area contributed by atoms with Crippen molar-refractivity contribution in [2.24, 2.45) is 0 Å². The van der Waals surface area contributed by atoms with Gasteiger partial charge in [0.05, 0.1) is 12.7 Å². The van der Waals surface area contributed by atoms with Crippen LogP contribution >= 0.6 is 0 Å². The summed E-state index contributed by atoms with van der Waals surface area (Å²) in [6.45, 7) is 0.620. The van der Waals surface area contributed by atoms with Crippen molar-refractivity contribution in [3.05, 3.63) is 17.5 Å². The highest BCUT2D eigenvalue weighted by molar-refractivity contribution is 5.29. The minimum Gasteiger partial charge on any atom is -0.754 e. The molecule has 0 saturated carbocycles. The standard InChI is InChI=1S/C7H12N4O2/c8-7-10-4-2-6(11(7)13)9-3-1-5-12/h2,4,9,12H,1,3,5H2,(H2,8,10). The number of aliphatic hydroxyl groups is 1. The van der Waals surface area contributed by atoms with E-state index in [-0.39, 0.29) is 12.6 Å². The van der Waals surface area contributed by atoms with E-state index in [0.29, 0.717) is 23.5 Å². The second kappa shape index (κ2) is 4.46. The van der Waals surface area contributed by atoms with Gasteiger partial charge in [0, 0.05) is 12.7 Å². The zero-order valence-corrected chi connectivity index (χ0v) is 7.10. The van der Waals surface area contributed by atoms with Gasteiger partial charge in [0.15, 0.2) is 5.82 Å². The minimum atomic E-state index is -0.0889. The first-order valence-electron chi connectivity index (χ1n) is 3.94. The lowest BCUT2D eigenvalue weighted by Gasteiger charge is -2.11. The fourth-order valence-electron chi connectivity index (χ4n) is 0.854. The van der Waals surface area contributed by atoms with E-state index in [9.17, 15) is 5.21 Å². The lowest BCUT2D eigenvalue weighted by Crippen LogP contribution is -2.35. The lowest BCUT2D eigenvalue weighted by molar-refractivity contribution is -0.577. The van der Waals surface area contributed by atoms with Crippen molar-refractivity contribution >= 4 is 11.8 Å². The Labute approximate surface area is 75.6 Å². The Morgan fingerprint density at radius 1 is 1.69 bits per heavy atom. The molecule has 0 unspecified atom stereocenters. The molecule has 0 bridgehead atoms. The molecule has 0 amide bonds. The van der Waals surface area contributed by atoms with E-state index in [1.54, 1.807) is 0 Å². The number of nitrogens with one attached hydrogen (secondary N) is 1. The number of aromatic nitrogens is 2. The predicted molar refractivity (Wildman–Crippen MR) is 47.8 cm³/mol. The van der Waals surface area contributed by atoms with Crippen LogP contribution in [0.5, 0.6) is 0 Å². The summed E-state index contributed by atoms with van der Waals surface area (Å²) >= 11 is 0. The molecule has 0 saturated heterocycles. The highest BCUT2D eigenvalue weighted by Crippen LogP contribution is 1.99. The zero-order valence-electron chi connectivity index (χ0n) is 7.10. The summed E-state index contributed by atoms with van der Waals surface area (Å²) in [6, 6.07) is 1.53. The Morgan fingerprint density at radius 2 is 2.46 bits per heavy atom. The molecular weight excluding hydrogens is 172 g/mol. The number of hydrogen-bond donors (Lipinski definition) is 3. The van der Waals surface area contributed by atoms with Gasteiger partial charge in [-0.1, -0.05) is 0 Å². The average molecular weight is 184 g/mol. The lowest BCUT2D eigenvalue weighted by atomic mass is 10.4. The third-order valence-electron chi connectivity index (χ3n) is 1.51. The summed E-state index contributed by atoms with van der Waals surface area (Å²) in [7, 11) is 0. The van der Waals surface area contributed by atoms with E-state index in [1.165, 1.54) is 12.3 Å². The smallest absolute Gasteiger partial charge is 0.343 e. The highest BCUT2D eigenvalue weighted by Gasteiger charge is 2.02. The molecule has 0 aliphatic heterocycles. The largest absolute Gasteiger partial charge is 0.754 e. The second-order valence-electron chi connectivity index (χ2n) is 2.49. The molecule has 0 fully saturated rings. The number of nitrogens with zero attached hydrogens (tertiary/aromatic N) is 2. The molecule has 72 valence electrons. The topological polar surface area (TPSA) is 98.1 Å². The van der Waals surface area contributed by atoms with E-state index >= 15 is 0 Å². The molecule has 0 radical (unpaired) electrons. The van der Waals surface area contributed by atoms with Crippen LogP contribution in [0.3, 0.4) is 0 Å². The van der Waals surface area contributed by atoms with Crippen molar-refractivity contribution in [1.82, 2.24) is 4.98 Å². The van der Waals surface area contributed by atoms with Gasteiger partial charge in [-0.15, -0.1) is 4.98 Å². The number of hydrogen-bond acceptors (Lipinski definition) is 5. The van der Waals surface area contributed by atoms with E-state index < -0.39 is 0 Å². The zero-order chi connectivity index (χ0) is 9.68. The molecule has 0 spiro atoms. The summed E-state index contributed by atoms with van der Waals surface area (Å²) in [4.78, 5) is 3.61. The summed E-state index contributed by atoms with van der Waals surface area (Å²) < 4.78 is 0.511. The van der Waals surface area contributed by atoms with Gasteiger partial charge in [-0.25, -0.2) is 4.73 Å². The van der Waals surface area contributed by atoms with Crippen molar-refractivity contribution in [2.75, 3.05) is 24.2 Å². The minimum absolute atomic E-state index is 0.0889. The van der Waals surface area contributed by atoms with Crippen LogP contribution in [-0.4, -0.2) is 23.2 Å². The molecular formula is C7H12N4O2. The average Bonchev–Trinajstić information content (AvgIpc) is 2.13. The van der Waals surface area contributed by atoms with Crippen LogP contribution in [0.25, 0.3) is 0 Å². The first kappa shape index (κ1) is 9.53. The molecule has 4 N–H and O–H groups in total. The first-order valence-corrected chi connectivity index (χ1v) is 3.94. The molecule has 1 heterocycles. The SMILES string of the molecule is Nc1nccc(NCCCO)[n+]1[O-]. The van der Waals surface area contributed by atoms with Crippen molar-refractivity contribution in [1.29, 1.82) is 0 Å². The van der Waals surface area contributed by atoms with E-state index in [1.807, 2.05) is 0 Å². The van der Waals surface area contributed by atoms with E-state index in [4.69, 9.17) is 10.8 Å². The van der Waals surface area contributed by atoms with Crippen molar-refractivity contribution in [2.45, 2.75) is 6.42 Å². The van der Waals surface area contributed by atoms with Gasteiger partial charge in [0.2, 0.25) is 0 Å². The van der Waals surface area contributed by atoms with Crippen LogP contribution in [0, 0.1) is 5.21 Å². The fourth-order valence-corrected chi connectivity index (χ4v) is 0.854. The molecule has 0 aliphatic carbocycles. The number of nitrogen functional groups attached to an aromatic ring is 1. The third-order valence-corrected chi connectivity index (χ3v) is 1.51. The fraction of sp³-hybridized carbons (Fsp3) is 0.429. The van der Waals surface area contributed by atoms with Crippen LogP contribution in [0.15, 0.2) is 12.3 Å². The molecule has 6 heteroatoms. The number of rotatable bonds is 4. The van der Waals surface area contributed by atoms with Gasteiger partial charge < -0.3 is 21.4 Å². The van der Waals surface area contributed by atoms with Crippen LogP contribution in [0.2, 0.25) is 0 Å². The predicted octanol–water partition coefficient (Wildman–Crippen LogP) is -0.909. The first-order chi connectivity index (χ1) is 6.25. The molecule has 13 heavy (non-hydrogen) atoms. The summed E-state index contributed by atoms with van der Waals surface area (Å²) in [5.74, 6) is 0.259. The summed E-state index contributed by atoms with van der Waals surface area (Å²) in [5, 5.41) is 22.5. The Morgan fingerprint density at radius 3 is 3.15 bits per heavy atom. The van der Waals surface area contributed by atoms with Crippen molar-refractivity contribution < 1.29 is 9.84 Å². The van der Waals surface area contributed by atoms with Gasteiger partial charge in [0.25, 0.3) is 0 Å². The van der Waals surface area contributed by atoms with Gasteiger partial charge in [-0.2, -0.15) is 0 Å². The summed E-state index contributed by atoms with van der Waals surface area (Å²) in [5.41, 5.74) is 5.27. The monoisotopic (exact) mass is 184 g/mol. The van der Waals surface area contributed by atoms with E-state index in [2.05, 4.69) is 10.3 Å². The second-order valence-corrected chi connectivity index (χ2v) is 2.49. The molecule has 1 aromatic rings. The molecule has 0 aliphatic rings. The van der Waals surface area contributed by atoms with Crippen LogP contribution in [-0.2, 0) is 0 Å². The maximum Gasteiger partial charge on any atom is 0.343 e. The van der Waals surface area contributed by atoms with Gasteiger partial charge in [0.1, 0.15) is 0 Å².